The van der Waals surface area contributed by atoms with Crippen LogP contribution in [-0.2, 0) is 21.2 Å². The summed E-state index contributed by atoms with van der Waals surface area (Å²) in [4.78, 5) is 12.1. The van der Waals surface area contributed by atoms with Gasteiger partial charge in [-0.25, -0.2) is 13.1 Å². The molecule has 0 aliphatic rings. The summed E-state index contributed by atoms with van der Waals surface area (Å²) >= 11 is 3.25. The highest BCUT2D eigenvalue weighted by Crippen LogP contribution is 2.27. The lowest BCUT2D eigenvalue weighted by Crippen LogP contribution is -2.31. The number of carbonyl (C=O) groups excluding carboxylic acids is 1. The Bertz CT molecular complexity index is 953. The van der Waals surface area contributed by atoms with Gasteiger partial charge in [0.25, 0.3) is 10.0 Å². The van der Waals surface area contributed by atoms with Crippen molar-refractivity contribution in [3.63, 3.8) is 0 Å². The molecule has 27 heavy (non-hydrogen) atoms. The first kappa shape index (κ1) is 20.7. The fraction of sp³-hybridized carbons (Fsp3) is 0.222. The van der Waals surface area contributed by atoms with Crippen LogP contribution in [0.1, 0.15) is 12.5 Å². The molecular formula is C18H17BrN2O5S. The van der Waals surface area contributed by atoms with Crippen LogP contribution in [-0.4, -0.2) is 27.5 Å². The molecule has 0 saturated carbocycles. The van der Waals surface area contributed by atoms with E-state index in [-0.39, 0.29) is 17.9 Å². The van der Waals surface area contributed by atoms with Gasteiger partial charge in [0.2, 0.25) is 5.91 Å². The van der Waals surface area contributed by atoms with Gasteiger partial charge in [-0.1, -0.05) is 12.1 Å². The van der Waals surface area contributed by atoms with E-state index in [2.05, 4.69) is 15.9 Å². The van der Waals surface area contributed by atoms with Gasteiger partial charge in [0.05, 0.1) is 22.4 Å². The summed E-state index contributed by atoms with van der Waals surface area (Å²) in [5.74, 6) is 0.347. The third kappa shape index (κ3) is 5.98. The fourth-order valence-corrected chi connectivity index (χ4v) is 3.83. The highest BCUT2D eigenvalue weighted by molar-refractivity contribution is 9.10. The lowest BCUT2D eigenvalue weighted by atomic mass is 10.1. The number of rotatable bonds is 8. The van der Waals surface area contributed by atoms with Crippen molar-refractivity contribution in [2.24, 2.45) is 0 Å². The Morgan fingerprint density at radius 2 is 1.89 bits per heavy atom. The largest absolute Gasteiger partial charge is 0.493 e. The van der Waals surface area contributed by atoms with Gasteiger partial charge in [-0.2, -0.15) is 5.26 Å². The van der Waals surface area contributed by atoms with Crippen molar-refractivity contribution in [2.75, 3.05) is 13.2 Å². The van der Waals surface area contributed by atoms with Crippen LogP contribution in [0.5, 0.6) is 11.5 Å². The van der Waals surface area contributed by atoms with E-state index in [1.165, 1.54) is 18.2 Å². The molecule has 0 fully saturated rings. The molecule has 2 aromatic carbocycles. The standard InChI is InChI=1S/C18H17BrN2O5S/c1-2-25-17-8-7-15(12-16(17)19)27(23,24)21-18(22)11-13-3-5-14(6-4-13)26-10-9-20/h3-8,12H,2,10-11H2,1H3,(H,21,22). The second-order valence-corrected chi connectivity index (χ2v) is 7.86. The molecule has 0 aromatic heterocycles. The molecule has 0 unspecified atom stereocenters. The highest BCUT2D eigenvalue weighted by atomic mass is 79.9. The first-order valence-corrected chi connectivity index (χ1v) is 10.2. The molecule has 0 aliphatic heterocycles. The zero-order valence-corrected chi connectivity index (χ0v) is 16.8. The maximum atomic E-state index is 12.4. The number of ether oxygens (including phenoxy) is 2. The van der Waals surface area contributed by atoms with Crippen molar-refractivity contribution in [3.8, 4) is 17.6 Å². The molecule has 0 aliphatic carbocycles. The van der Waals surface area contributed by atoms with E-state index in [1.807, 2.05) is 17.7 Å². The zero-order valence-electron chi connectivity index (χ0n) is 14.4. The van der Waals surface area contributed by atoms with Gasteiger partial charge in [0.1, 0.15) is 17.6 Å². The van der Waals surface area contributed by atoms with Gasteiger partial charge in [-0.15, -0.1) is 0 Å². The molecular weight excluding hydrogens is 436 g/mol. The Morgan fingerprint density at radius 3 is 2.48 bits per heavy atom. The molecule has 7 nitrogen and oxygen atoms in total. The van der Waals surface area contributed by atoms with E-state index in [1.54, 1.807) is 24.3 Å². The summed E-state index contributed by atoms with van der Waals surface area (Å²) in [6.07, 6.45) is -0.115. The Kier molecular flexibility index (Phi) is 7.21. The topological polar surface area (TPSA) is 105 Å². The summed E-state index contributed by atoms with van der Waals surface area (Å²) in [7, 11) is -4.00. The molecule has 2 rings (SSSR count). The van der Waals surface area contributed by atoms with Crippen molar-refractivity contribution in [3.05, 3.63) is 52.5 Å². The van der Waals surface area contributed by atoms with Gasteiger partial charge in [0.15, 0.2) is 6.61 Å². The van der Waals surface area contributed by atoms with E-state index in [0.29, 0.717) is 28.1 Å². The summed E-state index contributed by atoms with van der Waals surface area (Å²) < 4.78 is 37.8. The first-order chi connectivity index (χ1) is 12.9. The number of nitriles is 1. The van der Waals surface area contributed by atoms with Crippen molar-refractivity contribution in [1.29, 1.82) is 5.26 Å². The van der Waals surface area contributed by atoms with E-state index in [9.17, 15) is 13.2 Å². The number of hydrogen-bond acceptors (Lipinski definition) is 6. The van der Waals surface area contributed by atoms with Crippen LogP contribution in [0.15, 0.2) is 51.8 Å². The van der Waals surface area contributed by atoms with Crippen LogP contribution in [0.25, 0.3) is 0 Å². The highest BCUT2D eigenvalue weighted by Gasteiger charge is 2.19. The number of benzene rings is 2. The second-order valence-electron chi connectivity index (χ2n) is 5.32. The normalized spacial score (nSPS) is 10.7. The molecule has 1 N–H and O–H groups in total. The number of nitrogens with one attached hydrogen (secondary N) is 1. The minimum Gasteiger partial charge on any atom is -0.493 e. The molecule has 2 aromatic rings. The van der Waals surface area contributed by atoms with Crippen LogP contribution in [0.2, 0.25) is 0 Å². The summed E-state index contributed by atoms with van der Waals surface area (Å²) in [6.45, 7) is 2.19. The average Bonchev–Trinajstić information content (AvgIpc) is 2.62. The molecule has 0 saturated heterocycles. The minimum absolute atomic E-state index is 0.0496. The van der Waals surface area contributed by atoms with Crippen LogP contribution >= 0.6 is 15.9 Å². The maximum absolute atomic E-state index is 12.4. The molecule has 0 radical (unpaired) electrons. The molecule has 0 spiro atoms. The van der Waals surface area contributed by atoms with Crippen molar-refractivity contribution in [2.45, 2.75) is 18.2 Å². The van der Waals surface area contributed by atoms with Gasteiger partial charge in [-0.05, 0) is 58.7 Å². The smallest absolute Gasteiger partial charge is 0.264 e. The van der Waals surface area contributed by atoms with Gasteiger partial charge in [0, 0.05) is 0 Å². The SMILES string of the molecule is CCOc1ccc(S(=O)(=O)NC(=O)Cc2ccc(OCC#N)cc2)cc1Br. The number of sulfonamides is 1. The monoisotopic (exact) mass is 452 g/mol. The summed E-state index contributed by atoms with van der Waals surface area (Å²) in [6, 6.07) is 12.6. The third-order valence-corrected chi connectivity index (χ3v) is 5.34. The Balaban J connectivity index is 2.03. The molecule has 9 heteroatoms. The van der Waals surface area contributed by atoms with E-state index < -0.39 is 15.9 Å². The third-order valence-electron chi connectivity index (χ3n) is 3.35. The van der Waals surface area contributed by atoms with Crippen LogP contribution < -0.4 is 14.2 Å². The van der Waals surface area contributed by atoms with Crippen LogP contribution in [0, 0.1) is 11.3 Å². The minimum atomic E-state index is -4.00. The van der Waals surface area contributed by atoms with Crippen LogP contribution in [0.4, 0.5) is 0 Å². The molecule has 142 valence electrons. The fourth-order valence-electron chi connectivity index (χ4n) is 2.17. The van der Waals surface area contributed by atoms with Crippen LogP contribution in [0.3, 0.4) is 0 Å². The molecule has 0 heterocycles. The lowest BCUT2D eigenvalue weighted by molar-refractivity contribution is -0.118. The number of nitrogens with zero attached hydrogens (tertiary/aromatic N) is 1. The molecule has 1 amide bonds. The number of carbonyl (C=O) groups is 1. The first-order valence-electron chi connectivity index (χ1n) is 7.92. The predicted octanol–water partition coefficient (Wildman–Crippen LogP) is 2.80. The van der Waals surface area contributed by atoms with Gasteiger partial charge in [-0.3, -0.25) is 4.79 Å². The Hall–Kier alpha value is -2.57. The van der Waals surface area contributed by atoms with E-state index in [0.717, 1.165) is 0 Å². The Labute approximate surface area is 166 Å². The van der Waals surface area contributed by atoms with Gasteiger partial charge < -0.3 is 9.47 Å². The molecule has 0 bridgehead atoms. The van der Waals surface area contributed by atoms with Crippen molar-refractivity contribution >= 4 is 31.9 Å². The van der Waals surface area contributed by atoms with E-state index >= 15 is 0 Å². The van der Waals surface area contributed by atoms with E-state index in [4.69, 9.17) is 14.7 Å². The van der Waals surface area contributed by atoms with Crippen molar-refractivity contribution in [1.82, 2.24) is 4.72 Å². The number of hydrogen-bond donors (Lipinski definition) is 1. The lowest BCUT2D eigenvalue weighted by Gasteiger charge is -2.10. The maximum Gasteiger partial charge on any atom is 0.264 e. The zero-order chi connectivity index (χ0) is 19.9. The average molecular weight is 453 g/mol. The summed E-state index contributed by atoms with van der Waals surface area (Å²) in [5, 5.41) is 8.47. The molecule has 0 atom stereocenters. The van der Waals surface area contributed by atoms with Crippen molar-refractivity contribution < 1.29 is 22.7 Å². The quantitative estimate of drug-likeness (QED) is 0.659. The predicted molar refractivity (Wildman–Crippen MR) is 102 cm³/mol. The Morgan fingerprint density at radius 1 is 1.19 bits per heavy atom. The second kappa shape index (κ2) is 9.39. The van der Waals surface area contributed by atoms with Gasteiger partial charge >= 0.3 is 0 Å². The number of halogens is 1. The number of amides is 1. The summed E-state index contributed by atoms with van der Waals surface area (Å²) in [5.41, 5.74) is 0.611.